The van der Waals surface area contributed by atoms with E-state index in [1.165, 1.54) is 20.3 Å². The first-order valence-corrected chi connectivity index (χ1v) is 16.1. The predicted octanol–water partition coefficient (Wildman–Crippen LogP) is 9.04. The summed E-state index contributed by atoms with van der Waals surface area (Å²) in [4.78, 5) is 58.2. The summed E-state index contributed by atoms with van der Waals surface area (Å²) in [6.45, 7) is 15.6. The fourth-order valence-electron chi connectivity index (χ4n) is 5.71. The summed E-state index contributed by atoms with van der Waals surface area (Å²) in [5, 5.41) is 0. The van der Waals surface area contributed by atoms with E-state index in [-0.39, 0.29) is 47.2 Å². The number of Topliss-reactive ketones (excluding diaryl/α,β-unsaturated/α-hetero) is 5. The maximum Gasteiger partial charge on any atom is 0.163 e. The average Bonchev–Trinajstić information content (AvgIpc) is 2.88. The van der Waals surface area contributed by atoms with Gasteiger partial charge in [0, 0.05) is 37.2 Å². The molecule has 1 aromatic rings. The van der Waals surface area contributed by atoms with Gasteiger partial charge in [-0.3, -0.25) is 19.2 Å². The van der Waals surface area contributed by atoms with Gasteiger partial charge in [0.05, 0.1) is 6.42 Å². The largest absolute Gasteiger partial charge is 0.300 e. The Morgan fingerprint density at radius 2 is 1.51 bits per heavy atom. The van der Waals surface area contributed by atoms with Gasteiger partial charge in [0.25, 0.3) is 0 Å². The Balaban J connectivity index is 0.000000893. The summed E-state index contributed by atoms with van der Waals surface area (Å²) >= 11 is 0. The Morgan fingerprint density at radius 1 is 0.854 bits per heavy atom. The average molecular weight is 571 g/mol. The van der Waals surface area contributed by atoms with Crippen LogP contribution in [0.5, 0.6) is 0 Å². The number of hydrogen-bond donors (Lipinski definition) is 0. The first-order chi connectivity index (χ1) is 19.4. The second-order valence-electron chi connectivity index (χ2n) is 11.9. The predicted molar refractivity (Wildman–Crippen MR) is 169 cm³/mol. The van der Waals surface area contributed by atoms with Crippen LogP contribution in [-0.2, 0) is 25.6 Å². The molecule has 0 amide bonds. The van der Waals surface area contributed by atoms with Crippen LogP contribution in [0.4, 0.5) is 0 Å². The van der Waals surface area contributed by atoms with E-state index in [2.05, 4.69) is 33.8 Å². The van der Waals surface area contributed by atoms with E-state index in [9.17, 15) is 24.0 Å². The number of rotatable bonds is 16. The van der Waals surface area contributed by atoms with Crippen molar-refractivity contribution in [3.05, 3.63) is 34.9 Å². The van der Waals surface area contributed by atoms with Crippen LogP contribution >= 0.6 is 0 Å². The second-order valence-corrected chi connectivity index (χ2v) is 11.9. The van der Waals surface area contributed by atoms with Gasteiger partial charge in [-0.1, -0.05) is 84.9 Å². The van der Waals surface area contributed by atoms with Gasteiger partial charge in [0.15, 0.2) is 5.78 Å². The third kappa shape index (κ3) is 16.0. The number of aryl methyl sites for hydroxylation is 1. The minimum absolute atomic E-state index is 0.0460. The van der Waals surface area contributed by atoms with Crippen LogP contribution in [0.1, 0.15) is 153 Å². The molecule has 0 N–H and O–H groups in total. The molecule has 0 saturated carbocycles. The van der Waals surface area contributed by atoms with E-state index < -0.39 is 0 Å². The third-order valence-electron chi connectivity index (χ3n) is 7.58. The van der Waals surface area contributed by atoms with E-state index in [1.54, 1.807) is 0 Å². The first-order valence-electron chi connectivity index (χ1n) is 16.1. The van der Waals surface area contributed by atoms with Gasteiger partial charge >= 0.3 is 0 Å². The molecule has 232 valence electrons. The van der Waals surface area contributed by atoms with E-state index in [1.807, 2.05) is 26.0 Å². The van der Waals surface area contributed by atoms with Gasteiger partial charge in [-0.2, -0.15) is 0 Å². The number of ketones is 5. The van der Waals surface area contributed by atoms with E-state index >= 15 is 0 Å². The third-order valence-corrected chi connectivity index (χ3v) is 7.58. The van der Waals surface area contributed by atoms with E-state index in [0.29, 0.717) is 31.6 Å². The smallest absolute Gasteiger partial charge is 0.163 e. The molecule has 41 heavy (non-hydrogen) atoms. The van der Waals surface area contributed by atoms with Crippen molar-refractivity contribution in [1.29, 1.82) is 0 Å². The van der Waals surface area contributed by atoms with Gasteiger partial charge in [0.1, 0.15) is 23.1 Å². The highest BCUT2D eigenvalue weighted by atomic mass is 16.2. The van der Waals surface area contributed by atoms with Crippen LogP contribution in [0.2, 0.25) is 0 Å². The van der Waals surface area contributed by atoms with Crippen LogP contribution < -0.4 is 0 Å². The maximum absolute atomic E-state index is 12.7. The Kier molecular flexibility index (Phi) is 20.9. The molecule has 1 aliphatic rings. The lowest BCUT2D eigenvalue weighted by Crippen LogP contribution is -2.29. The highest BCUT2D eigenvalue weighted by Gasteiger charge is 2.32. The van der Waals surface area contributed by atoms with Gasteiger partial charge in [-0.15, -0.1) is 0 Å². The number of carbonyl (C=O) groups is 5. The number of benzene rings is 1. The summed E-state index contributed by atoms with van der Waals surface area (Å²) in [5.41, 5.74) is 3.14. The highest BCUT2D eigenvalue weighted by Crippen LogP contribution is 2.36. The van der Waals surface area contributed by atoms with Crippen molar-refractivity contribution in [2.45, 2.75) is 145 Å². The lowest BCUT2D eigenvalue weighted by Gasteiger charge is -2.31. The van der Waals surface area contributed by atoms with Gasteiger partial charge in [0.2, 0.25) is 0 Å². The van der Waals surface area contributed by atoms with Crippen molar-refractivity contribution in [1.82, 2.24) is 0 Å². The molecule has 5 heteroatoms. The summed E-state index contributed by atoms with van der Waals surface area (Å²) in [6, 6.07) is 6.10. The van der Waals surface area contributed by atoms with Crippen molar-refractivity contribution >= 4 is 28.9 Å². The van der Waals surface area contributed by atoms with E-state index in [0.717, 1.165) is 68.1 Å². The number of unbranched alkanes of at least 4 members (excludes halogenated alkanes) is 2. The van der Waals surface area contributed by atoms with Crippen molar-refractivity contribution in [2.75, 3.05) is 0 Å². The van der Waals surface area contributed by atoms with Crippen molar-refractivity contribution in [3.8, 4) is 0 Å². The number of hydrogen-bond acceptors (Lipinski definition) is 5. The van der Waals surface area contributed by atoms with Crippen molar-refractivity contribution < 1.29 is 24.0 Å². The fourth-order valence-corrected chi connectivity index (χ4v) is 5.71. The fraction of sp³-hybridized carbons (Fsp3) is 0.694. The standard InChI is InChI=1S/C23H32O3.C10H18O2.C3H8/c1-5-8-18(20(6-2)21(25)11-16(4)24)12-17-13-19-10-7-9-15(3)23(19)22(26)14-17;1-3-4-5-6-10(12)8-7-9(2)11;1-3-2/h7,9-10,17-18,20H,5-6,8,11-14H2,1-4H3;3-8H2,1-2H3;3H2,1-2H3. The van der Waals surface area contributed by atoms with Gasteiger partial charge < -0.3 is 4.79 Å². The summed E-state index contributed by atoms with van der Waals surface area (Å²) < 4.78 is 0. The summed E-state index contributed by atoms with van der Waals surface area (Å²) in [5.74, 6) is 1.12. The first kappa shape index (κ1) is 38.6. The molecule has 2 rings (SSSR count). The zero-order valence-corrected chi connectivity index (χ0v) is 27.4. The van der Waals surface area contributed by atoms with Gasteiger partial charge in [-0.05, 0) is 69.4 Å². The Hall–Kier alpha value is -2.43. The topological polar surface area (TPSA) is 85.3 Å². The molecule has 3 atom stereocenters. The highest BCUT2D eigenvalue weighted by molar-refractivity contribution is 6.00. The van der Waals surface area contributed by atoms with Crippen LogP contribution in [0, 0.1) is 24.7 Å². The molecule has 0 aliphatic heterocycles. The molecule has 1 aliphatic carbocycles. The van der Waals surface area contributed by atoms with E-state index in [4.69, 9.17) is 0 Å². The molecule has 0 heterocycles. The molecule has 1 aromatic carbocycles. The quantitative estimate of drug-likeness (QED) is 0.146. The van der Waals surface area contributed by atoms with Crippen LogP contribution in [0.15, 0.2) is 18.2 Å². The Labute approximate surface area is 250 Å². The molecule has 0 saturated heterocycles. The molecule has 0 radical (unpaired) electrons. The molecular formula is C36H58O5. The van der Waals surface area contributed by atoms with Crippen molar-refractivity contribution in [3.63, 3.8) is 0 Å². The normalized spacial score (nSPS) is 15.3. The lowest BCUT2D eigenvalue weighted by atomic mass is 9.72. The number of carbonyl (C=O) groups excluding carboxylic acids is 5. The Morgan fingerprint density at radius 3 is 2.05 bits per heavy atom. The lowest BCUT2D eigenvalue weighted by molar-refractivity contribution is -0.130. The molecular weight excluding hydrogens is 512 g/mol. The summed E-state index contributed by atoms with van der Waals surface area (Å²) in [7, 11) is 0. The molecule has 0 aromatic heterocycles. The minimum Gasteiger partial charge on any atom is -0.300 e. The summed E-state index contributed by atoms with van der Waals surface area (Å²) in [6.07, 6.45) is 11.2. The number of fused-ring (bicyclic) bond motifs is 1. The zero-order chi connectivity index (χ0) is 31.4. The molecule has 5 nitrogen and oxygen atoms in total. The minimum atomic E-state index is -0.0622. The zero-order valence-electron chi connectivity index (χ0n) is 27.4. The Bertz CT molecular complexity index is 961. The monoisotopic (exact) mass is 570 g/mol. The molecule has 3 unspecified atom stereocenters. The maximum atomic E-state index is 12.7. The van der Waals surface area contributed by atoms with Crippen LogP contribution in [-0.4, -0.2) is 28.9 Å². The molecule has 0 fully saturated rings. The molecule has 0 bridgehead atoms. The second kappa shape index (κ2) is 22.2. The molecule has 0 spiro atoms. The van der Waals surface area contributed by atoms with Gasteiger partial charge in [-0.25, -0.2) is 0 Å². The van der Waals surface area contributed by atoms with Crippen LogP contribution in [0.25, 0.3) is 0 Å². The van der Waals surface area contributed by atoms with Crippen molar-refractivity contribution in [2.24, 2.45) is 17.8 Å². The van der Waals surface area contributed by atoms with Crippen LogP contribution in [0.3, 0.4) is 0 Å². The SMILES string of the molecule is CCC.CCCC(CC1CC(=O)c2c(C)cccc2C1)C(CC)C(=O)CC(C)=O.CCCCCC(=O)CCC(C)=O.